The summed E-state index contributed by atoms with van der Waals surface area (Å²) in [4.78, 5) is 3.50. The van der Waals surface area contributed by atoms with Crippen molar-refractivity contribution < 1.29 is 8.78 Å². The van der Waals surface area contributed by atoms with Gasteiger partial charge in [-0.1, -0.05) is 13.8 Å². The van der Waals surface area contributed by atoms with Gasteiger partial charge in [-0.05, 0) is 18.6 Å². The second-order valence-electron chi connectivity index (χ2n) is 2.81. The van der Waals surface area contributed by atoms with Gasteiger partial charge in [0.2, 0.25) is 5.95 Å². The van der Waals surface area contributed by atoms with Gasteiger partial charge < -0.3 is 0 Å². The summed E-state index contributed by atoms with van der Waals surface area (Å²) in [6, 6.07) is 2.14. The van der Waals surface area contributed by atoms with Gasteiger partial charge in [-0.3, -0.25) is 0 Å². The maximum absolute atomic E-state index is 13.0. The van der Waals surface area contributed by atoms with E-state index in [2.05, 4.69) is 4.98 Å². The molecule has 0 aromatic carbocycles. The molecule has 66 valence electrons. The van der Waals surface area contributed by atoms with Crippen LogP contribution in [0.5, 0.6) is 0 Å². The van der Waals surface area contributed by atoms with Crippen LogP contribution in [0.4, 0.5) is 8.78 Å². The van der Waals surface area contributed by atoms with Gasteiger partial charge in [0.15, 0.2) is 0 Å². The minimum absolute atomic E-state index is 0.0271. The Labute approximate surface area is 70.4 Å². The van der Waals surface area contributed by atoms with Crippen molar-refractivity contribution in [2.75, 3.05) is 0 Å². The van der Waals surface area contributed by atoms with E-state index < -0.39 is 11.8 Å². The van der Waals surface area contributed by atoms with Gasteiger partial charge in [0, 0.05) is 5.92 Å². The van der Waals surface area contributed by atoms with Crippen LogP contribution in [-0.2, 0) is 0 Å². The van der Waals surface area contributed by atoms with Crippen LogP contribution < -0.4 is 0 Å². The zero-order valence-corrected chi connectivity index (χ0v) is 7.14. The lowest BCUT2D eigenvalue weighted by molar-refractivity contribution is 0.521. The summed E-state index contributed by atoms with van der Waals surface area (Å²) in [5.41, 5.74) is 0.220. The average molecular weight is 171 g/mol. The Morgan fingerprint density at radius 1 is 1.42 bits per heavy atom. The molecule has 1 heterocycles. The number of rotatable bonds is 2. The van der Waals surface area contributed by atoms with Crippen LogP contribution in [0.1, 0.15) is 31.9 Å². The zero-order valence-electron chi connectivity index (χ0n) is 7.14. The van der Waals surface area contributed by atoms with Crippen molar-refractivity contribution in [3.8, 4) is 0 Å². The van der Waals surface area contributed by atoms with Crippen LogP contribution in [0.15, 0.2) is 12.1 Å². The molecule has 0 bridgehead atoms. The van der Waals surface area contributed by atoms with Crippen molar-refractivity contribution >= 4 is 0 Å². The lowest BCUT2D eigenvalue weighted by atomic mass is 10.0. The molecule has 0 aliphatic rings. The molecule has 0 N–H and O–H groups in total. The lowest BCUT2D eigenvalue weighted by Crippen LogP contribution is -2.01. The van der Waals surface area contributed by atoms with Crippen LogP contribution >= 0.6 is 0 Å². The molecule has 0 saturated heterocycles. The summed E-state index contributed by atoms with van der Waals surface area (Å²) in [7, 11) is 0. The van der Waals surface area contributed by atoms with Gasteiger partial charge in [-0.15, -0.1) is 0 Å². The smallest absolute Gasteiger partial charge is 0.213 e. The molecule has 0 aliphatic heterocycles. The van der Waals surface area contributed by atoms with Crippen molar-refractivity contribution in [2.24, 2.45) is 0 Å². The topological polar surface area (TPSA) is 12.9 Å². The Bertz CT molecular complexity index is 273. The third-order valence-electron chi connectivity index (χ3n) is 1.92. The Morgan fingerprint density at radius 2 is 2.08 bits per heavy atom. The summed E-state index contributed by atoms with van der Waals surface area (Å²) >= 11 is 0. The quantitative estimate of drug-likeness (QED) is 0.623. The molecule has 0 saturated carbocycles. The predicted octanol–water partition coefficient (Wildman–Crippen LogP) is 2.87. The molecule has 1 nitrogen and oxygen atoms in total. The van der Waals surface area contributed by atoms with Gasteiger partial charge in [0.1, 0.15) is 5.82 Å². The summed E-state index contributed by atoms with van der Waals surface area (Å²) in [5, 5.41) is 0. The summed E-state index contributed by atoms with van der Waals surface area (Å²) in [5.74, 6) is -1.07. The van der Waals surface area contributed by atoms with Gasteiger partial charge in [0.25, 0.3) is 0 Å². The van der Waals surface area contributed by atoms with E-state index in [0.717, 1.165) is 18.6 Å². The van der Waals surface area contributed by atoms with Crippen molar-refractivity contribution in [2.45, 2.75) is 26.2 Å². The molecule has 12 heavy (non-hydrogen) atoms. The minimum atomic E-state index is -0.619. The maximum atomic E-state index is 13.0. The fourth-order valence-electron chi connectivity index (χ4n) is 0.972. The van der Waals surface area contributed by atoms with Crippen LogP contribution in [-0.4, -0.2) is 4.98 Å². The van der Waals surface area contributed by atoms with Crippen LogP contribution in [0.2, 0.25) is 0 Å². The molecular weight excluding hydrogens is 160 g/mol. The first-order chi connectivity index (χ1) is 5.65. The maximum Gasteiger partial charge on any atom is 0.213 e. The number of hydrogen-bond acceptors (Lipinski definition) is 1. The fourth-order valence-corrected chi connectivity index (χ4v) is 0.972. The van der Waals surface area contributed by atoms with E-state index >= 15 is 0 Å². The predicted molar refractivity (Wildman–Crippen MR) is 42.9 cm³/mol. The van der Waals surface area contributed by atoms with Gasteiger partial charge in [0.05, 0.1) is 5.69 Å². The van der Waals surface area contributed by atoms with Crippen molar-refractivity contribution in [3.63, 3.8) is 0 Å². The van der Waals surface area contributed by atoms with E-state index in [-0.39, 0.29) is 11.6 Å². The Kier molecular flexibility index (Phi) is 2.74. The molecule has 1 unspecified atom stereocenters. The molecule has 1 atom stereocenters. The van der Waals surface area contributed by atoms with Crippen molar-refractivity contribution in [3.05, 3.63) is 29.6 Å². The molecule has 3 heteroatoms. The number of halogens is 2. The number of aromatic nitrogens is 1. The Hall–Kier alpha value is -0.990. The summed E-state index contributed by atoms with van der Waals surface area (Å²) < 4.78 is 25.5. The number of pyridine rings is 1. The molecule has 1 aromatic rings. The Balaban J connectivity index is 3.04. The fraction of sp³-hybridized carbons (Fsp3) is 0.444. The van der Waals surface area contributed by atoms with E-state index in [1.807, 2.05) is 13.8 Å². The third-order valence-corrected chi connectivity index (χ3v) is 1.92. The zero-order chi connectivity index (χ0) is 9.14. The highest BCUT2D eigenvalue weighted by atomic mass is 19.1. The molecule has 0 amide bonds. The molecule has 0 fully saturated rings. The van der Waals surface area contributed by atoms with Crippen LogP contribution in [0, 0.1) is 11.8 Å². The van der Waals surface area contributed by atoms with E-state index in [1.54, 1.807) is 0 Å². The van der Waals surface area contributed by atoms with E-state index in [4.69, 9.17) is 0 Å². The first kappa shape index (κ1) is 9.10. The largest absolute Gasteiger partial charge is 0.221 e. The lowest BCUT2D eigenvalue weighted by Gasteiger charge is -2.07. The van der Waals surface area contributed by atoms with Gasteiger partial charge >= 0.3 is 0 Å². The van der Waals surface area contributed by atoms with E-state index in [9.17, 15) is 8.78 Å². The standard InChI is InChI=1S/C9H11F2N/c1-3-6(2)9-7(10)4-5-8(11)12-9/h4-6H,3H2,1-2H3. The first-order valence-electron chi connectivity index (χ1n) is 3.97. The average Bonchev–Trinajstić information content (AvgIpc) is 2.08. The second kappa shape index (κ2) is 3.61. The molecule has 0 aliphatic carbocycles. The molecule has 0 spiro atoms. The number of nitrogens with zero attached hydrogens (tertiary/aromatic N) is 1. The summed E-state index contributed by atoms with van der Waals surface area (Å²) in [6.45, 7) is 3.74. The molecule has 0 radical (unpaired) electrons. The minimum Gasteiger partial charge on any atom is -0.221 e. The number of hydrogen-bond donors (Lipinski definition) is 0. The normalized spacial score (nSPS) is 13.0. The first-order valence-corrected chi connectivity index (χ1v) is 3.97. The van der Waals surface area contributed by atoms with Gasteiger partial charge in [-0.2, -0.15) is 4.39 Å². The SMILES string of the molecule is CCC(C)c1nc(F)ccc1F. The van der Waals surface area contributed by atoms with Gasteiger partial charge in [-0.25, -0.2) is 9.37 Å². The highest BCUT2D eigenvalue weighted by Gasteiger charge is 2.11. The highest BCUT2D eigenvalue weighted by Crippen LogP contribution is 2.19. The molecular formula is C9H11F2N. The van der Waals surface area contributed by atoms with E-state index in [0.29, 0.717) is 0 Å². The molecule has 1 aromatic heterocycles. The second-order valence-corrected chi connectivity index (χ2v) is 2.81. The van der Waals surface area contributed by atoms with E-state index in [1.165, 1.54) is 0 Å². The van der Waals surface area contributed by atoms with Crippen LogP contribution in [0.25, 0.3) is 0 Å². The Morgan fingerprint density at radius 3 is 2.67 bits per heavy atom. The van der Waals surface area contributed by atoms with Crippen molar-refractivity contribution in [1.82, 2.24) is 4.98 Å². The molecule has 1 rings (SSSR count). The monoisotopic (exact) mass is 171 g/mol. The third kappa shape index (κ3) is 1.78. The highest BCUT2D eigenvalue weighted by molar-refractivity contribution is 5.11. The van der Waals surface area contributed by atoms with Crippen molar-refractivity contribution in [1.29, 1.82) is 0 Å². The summed E-state index contributed by atoms with van der Waals surface area (Å²) in [6.07, 6.45) is 0.757. The van der Waals surface area contributed by atoms with Crippen LogP contribution in [0.3, 0.4) is 0 Å².